The molecule has 26 heavy (non-hydrogen) atoms. The summed E-state index contributed by atoms with van der Waals surface area (Å²) < 4.78 is 1.85. The van der Waals surface area contributed by atoms with Crippen LogP contribution in [0.4, 0.5) is 0 Å². The van der Waals surface area contributed by atoms with Gasteiger partial charge in [0.1, 0.15) is 5.56 Å². The van der Waals surface area contributed by atoms with Crippen LogP contribution in [0.15, 0.2) is 36.7 Å². The van der Waals surface area contributed by atoms with Crippen molar-refractivity contribution in [2.45, 2.75) is 46.1 Å². The molecule has 1 aliphatic carbocycles. The van der Waals surface area contributed by atoms with Crippen LogP contribution in [0.25, 0.3) is 5.65 Å². The molecule has 1 aromatic carbocycles. The zero-order chi connectivity index (χ0) is 18.1. The fourth-order valence-corrected chi connectivity index (χ4v) is 3.64. The quantitative estimate of drug-likeness (QED) is 0.787. The molecule has 0 radical (unpaired) electrons. The number of hydrogen-bond donors (Lipinski definition) is 1. The lowest BCUT2D eigenvalue weighted by atomic mass is 9.89. The molecule has 3 aromatic rings. The van der Waals surface area contributed by atoms with Gasteiger partial charge >= 0.3 is 0 Å². The van der Waals surface area contributed by atoms with Gasteiger partial charge in [0.2, 0.25) is 0 Å². The Kier molecular flexibility index (Phi) is 4.45. The summed E-state index contributed by atoms with van der Waals surface area (Å²) in [6.07, 6.45) is 7.75. The molecule has 134 valence electrons. The molecule has 1 aliphatic rings. The average Bonchev–Trinajstić information content (AvgIpc) is 3.10. The topological polar surface area (TPSA) is 59.3 Å². The fraction of sp³-hybridized carbons (Fsp3) is 0.381. The minimum Gasteiger partial charge on any atom is -0.348 e. The molecule has 1 amide bonds. The molecule has 2 heterocycles. The van der Waals surface area contributed by atoms with Crippen molar-refractivity contribution < 1.29 is 4.79 Å². The van der Waals surface area contributed by atoms with Crippen molar-refractivity contribution in [2.24, 2.45) is 5.92 Å². The predicted octanol–water partition coefficient (Wildman–Crippen LogP) is 3.35. The number of fused-ring (bicyclic) bond motifs is 3. The zero-order valence-electron chi connectivity index (χ0n) is 15.3. The van der Waals surface area contributed by atoms with Gasteiger partial charge in [0.15, 0.2) is 5.65 Å². The summed E-state index contributed by atoms with van der Waals surface area (Å²) in [6.45, 7) is 4.90. The molecule has 0 spiro atoms. The van der Waals surface area contributed by atoms with Gasteiger partial charge in [-0.25, -0.2) is 9.50 Å². The summed E-state index contributed by atoms with van der Waals surface area (Å²) in [4.78, 5) is 17.2. The Morgan fingerprint density at radius 3 is 2.77 bits per heavy atom. The first-order valence-corrected chi connectivity index (χ1v) is 9.36. The van der Waals surface area contributed by atoms with Crippen molar-refractivity contribution in [1.82, 2.24) is 19.9 Å². The summed E-state index contributed by atoms with van der Waals surface area (Å²) in [5, 5.41) is 7.43. The number of aryl methyl sites for hydroxylation is 2. The normalized spacial score (nSPS) is 16.5. The number of rotatable bonds is 4. The third kappa shape index (κ3) is 3.09. The molecule has 5 heteroatoms. The summed E-state index contributed by atoms with van der Waals surface area (Å²) in [7, 11) is 0. The second kappa shape index (κ2) is 6.90. The van der Waals surface area contributed by atoms with Crippen LogP contribution in [0.3, 0.4) is 0 Å². The largest absolute Gasteiger partial charge is 0.348 e. The molecule has 2 aromatic heterocycles. The van der Waals surface area contributed by atoms with Gasteiger partial charge in [-0.3, -0.25) is 4.79 Å². The van der Waals surface area contributed by atoms with Crippen molar-refractivity contribution in [2.75, 3.05) is 0 Å². The Bertz CT molecular complexity index is 943. The van der Waals surface area contributed by atoms with E-state index in [2.05, 4.69) is 53.5 Å². The molecule has 1 atom stereocenters. The monoisotopic (exact) mass is 348 g/mol. The predicted molar refractivity (Wildman–Crippen MR) is 101 cm³/mol. The van der Waals surface area contributed by atoms with E-state index >= 15 is 0 Å². The smallest absolute Gasteiger partial charge is 0.257 e. The van der Waals surface area contributed by atoms with Crippen molar-refractivity contribution in [3.63, 3.8) is 0 Å². The maximum absolute atomic E-state index is 12.6. The Morgan fingerprint density at radius 1 is 1.23 bits per heavy atom. The third-order valence-corrected chi connectivity index (χ3v) is 5.28. The van der Waals surface area contributed by atoms with Crippen LogP contribution >= 0.6 is 0 Å². The molecule has 0 saturated heterocycles. The molecule has 0 unspecified atom stereocenters. The van der Waals surface area contributed by atoms with Crippen LogP contribution in [0.5, 0.6) is 0 Å². The number of nitrogens with zero attached hydrogens (tertiary/aromatic N) is 3. The number of amides is 1. The van der Waals surface area contributed by atoms with E-state index in [9.17, 15) is 4.79 Å². The Hall–Kier alpha value is -2.69. The summed E-state index contributed by atoms with van der Waals surface area (Å²) in [5.41, 5.74) is 6.02. The highest BCUT2D eigenvalue weighted by Crippen LogP contribution is 2.25. The van der Waals surface area contributed by atoms with Crippen LogP contribution < -0.4 is 5.32 Å². The Balaban J connectivity index is 1.53. The highest BCUT2D eigenvalue weighted by atomic mass is 16.1. The number of hydrogen-bond acceptors (Lipinski definition) is 3. The molecule has 4 rings (SSSR count). The summed E-state index contributed by atoms with van der Waals surface area (Å²) >= 11 is 0. The van der Waals surface area contributed by atoms with E-state index in [1.165, 1.54) is 16.8 Å². The lowest BCUT2D eigenvalue weighted by molar-refractivity contribution is 0.0952. The lowest BCUT2D eigenvalue weighted by Crippen LogP contribution is -2.23. The molecular formula is C21H24N4O. The summed E-state index contributed by atoms with van der Waals surface area (Å²) in [5.74, 6) is 0.551. The van der Waals surface area contributed by atoms with E-state index in [0.29, 0.717) is 23.7 Å². The maximum Gasteiger partial charge on any atom is 0.257 e. The van der Waals surface area contributed by atoms with E-state index in [4.69, 9.17) is 0 Å². The van der Waals surface area contributed by atoms with Crippen molar-refractivity contribution in [3.8, 4) is 0 Å². The minimum atomic E-state index is -0.129. The van der Waals surface area contributed by atoms with Crippen molar-refractivity contribution in [1.29, 1.82) is 0 Å². The SMILES string of the molecule is CCc1ccc(CNC(=O)c2cnn3c4c(cnc23)C[C@H](C)CC4)cc1. The first-order chi connectivity index (χ1) is 12.7. The standard InChI is InChI=1S/C21H24N4O/c1-3-15-5-7-16(8-6-15)11-23-21(26)18-13-24-25-19-9-4-14(2)10-17(19)12-22-20(18)25/h5-8,12-14H,3-4,9-11H2,1-2H3,(H,23,26)/t14-/m1/s1. The summed E-state index contributed by atoms with van der Waals surface area (Å²) in [6, 6.07) is 8.33. The molecule has 0 aliphatic heterocycles. The van der Waals surface area contributed by atoms with Gasteiger partial charge < -0.3 is 5.32 Å². The molecule has 0 fully saturated rings. The van der Waals surface area contributed by atoms with E-state index in [1.807, 2.05) is 10.7 Å². The molecule has 5 nitrogen and oxygen atoms in total. The minimum absolute atomic E-state index is 0.129. The van der Waals surface area contributed by atoms with Crippen LogP contribution in [0.2, 0.25) is 0 Å². The van der Waals surface area contributed by atoms with Gasteiger partial charge in [0, 0.05) is 18.4 Å². The second-order valence-electron chi connectivity index (χ2n) is 7.22. The number of nitrogens with one attached hydrogen (secondary N) is 1. The Labute approximate surface area is 153 Å². The highest BCUT2D eigenvalue weighted by molar-refractivity contribution is 5.99. The first-order valence-electron chi connectivity index (χ1n) is 9.36. The van der Waals surface area contributed by atoms with Crippen LogP contribution in [0.1, 0.15) is 53.0 Å². The first kappa shape index (κ1) is 16.8. The van der Waals surface area contributed by atoms with Gasteiger partial charge in [-0.05, 0) is 48.3 Å². The average molecular weight is 348 g/mol. The number of carbonyl (C=O) groups is 1. The third-order valence-electron chi connectivity index (χ3n) is 5.28. The van der Waals surface area contributed by atoms with E-state index < -0.39 is 0 Å². The number of aromatic nitrogens is 3. The molecule has 1 N–H and O–H groups in total. The fourth-order valence-electron chi connectivity index (χ4n) is 3.64. The van der Waals surface area contributed by atoms with Gasteiger partial charge in [-0.2, -0.15) is 5.10 Å². The van der Waals surface area contributed by atoms with Crippen molar-refractivity contribution in [3.05, 3.63) is 64.6 Å². The van der Waals surface area contributed by atoms with Crippen LogP contribution in [-0.4, -0.2) is 20.5 Å². The molecule has 0 bridgehead atoms. The van der Waals surface area contributed by atoms with E-state index in [1.54, 1.807) is 6.20 Å². The van der Waals surface area contributed by atoms with Crippen LogP contribution in [0, 0.1) is 5.92 Å². The molecular weight excluding hydrogens is 324 g/mol. The number of carbonyl (C=O) groups excluding carboxylic acids is 1. The van der Waals surface area contributed by atoms with Crippen molar-refractivity contribution >= 4 is 11.6 Å². The van der Waals surface area contributed by atoms with E-state index in [-0.39, 0.29) is 5.91 Å². The van der Waals surface area contributed by atoms with Gasteiger partial charge in [0.05, 0.1) is 6.20 Å². The van der Waals surface area contributed by atoms with Gasteiger partial charge in [-0.1, -0.05) is 38.1 Å². The second-order valence-corrected chi connectivity index (χ2v) is 7.22. The highest BCUT2D eigenvalue weighted by Gasteiger charge is 2.21. The zero-order valence-corrected chi connectivity index (χ0v) is 15.3. The Morgan fingerprint density at radius 2 is 2.00 bits per heavy atom. The molecule has 0 saturated carbocycles. The number of benzene rings is 1. The van der Waals surface area contributed by atoms with Gasteiger partial charge in [-0.15, -0.1) is 0 Å². The van der Waals surface area contributed by atoms with Crippen LogP contribution in [-0.2, 0) is 25.8 Å². The maximum atomic E-state index is 12.6. The van der Waals surface area contributed by atoms with E-state index in [0.717, 1.165) is 31.2 Å². The van der Waals surface area contributed by atoms with Gasteiger partial charge in [0.25, 0.3) is 5.91 Å². The lowest BCUT2D eigenvalue weighted by Gasteiger charge is -2.21.